The number of rotatable bonds is 4. The molecule has 13 heavy (non-hydrogen) atoms. The van der Waals surface area contributed by atoms with Gasteiger partial charge in [-0.1, -0.05) is 18.7 Å². The van der Waals surface area contributed by atoms with Crippen molar-refractivity contribution >= 4 is 5.57 Å². The predicted octanol–water partition coefficient (Wildman–Crippen LogP) is 1.46. The van der Waals surface area contributed by atoms with Crippen molar-refractivity contribution in [3.63, 3.8) is 0 Å². The fourth-order valence-corrected chi connectivity index (χ4v) is 1.14. The van der Waals surface area contributed by atoms with Crippen LogP contribution in [0.1, 0.15) is 12.5 Å². The molecule has 0 atom stereocenters. The van der Waals surface area contributed by atoms with Gasteiger partial charge in [0.05, 0.1) is 19.3 Å². The minimum Gasteiger partial charge on any atom is -0.394 e. The van der Waals surface area contributed by atoms with Gasteiger partial charge in [-0.25, -0.2) is 0 Å². The molecular formula is C10H14N2O. The molecular weight excluding hydrogens is 164 g/mol. The Kier molecular flexibility index (Phi) is 3.46. The average Bonchev–Trinajstić information content (AvgIpc) is 2.56. The second-order valence-electron chi connectivity index (χ2n) is 2.66. The lowest BCUT2D eigenvalue weighted by atomic mass is 10.1. The van der Waals surface area contributed by atoms with E-state index in [4.69, 9.17) is 5.11 Å². The lowest BCUT2D eigenvalue weighted by Gasteiger charge is -1.96. The van der Waals surface area contributed by atoms with Crippen molar-refractivity contribution in [1.82, 2.24) is 9.78 Å². The van der Waals surface area contributed by atoms with Crippen LogP contribution in [0.3, 0.4) is 0 Å². The molecule has 0 fully saturated rings. The van der Waals surface area contributed by atoms with Crippen molar-refractivity contribution < 1.29 is 5.11 Å². The van der Waals surface area contributed by atoms with Crippen LogP contribution in [0, 0.1) is 0 Å². The maximum absolute atomic E-state index is 8.69. The lowest BCUT2D eigenvalue weighted by Crippen LogP contribution is -2.01. The summed E-state index contributed by atoms with van der Waals surface area (Å²) in [6, 6.07) is 0. The van der Waals surface area contributed by atoms with Gasteiger partial charge in [-0.05, 0) is 12.5 Å². The van der Waals surface area contributed by atoms with E-state index in [9.17, 15) is 0 Å². The van der Waals surface area contributed by atoms with Gasteiger partial charge in [0.1, 0.15) is 0 Å². The SMILES string of the molecule is C=CC(=CC)c1cnn(CCO)c1. The summed E-state index contributed by atoms with van der Waals surface area (Å²) < 4.78 is 1.71. The highest BCUT2D eigenvalue weighted by molar-refractivity contribution is 5.72. The number of hydrogen-bond donors (Lipinski definition) is 1. The first-order valence-electron chi connectivity index (χ1n) is 4.24. The topological polar surface area (TPSA) is 38.0 Å². The molecule has 0 saturated carbocycles. The fraction of sp³-hybridized carbons (Fsp3) is 0.300. The van der Waals surface area contributed by atoms with Crippen LogP contribution < -0.4 is 0 Å². The molecule has 0 aliphatic carbocycles. The first kappa shape index (κ1) is 9.74. The van der Waals surface area contributed by atoms with E-state index in [0.717, 1.165) is 11.1 Å². The second kappa shape index (κ2) is 4.62. The van der Waals surface area contributed by atoms with Gasteiger partial charge in [-0.3, -0.25) is 4.68 Å². The molecule has 0 radical (unpaired) electrons. The highest BCUT2D eigenvalue weighted by Crippen LogP contribution is 2.13. The molecule has 0 aliphatic rings. The maximum atomic E-state index is 8.69. The Morgan fingerprint density at radius 1 is 1.77 bits per heavy atom. The smallest absolute Gasteiger partial charge is 0.0641 e. The van der Waals surface area contributed by atoms with Crippen LogP contribution >= 0.6 is 0 Å². The number of nitrogens with zero attached hydrogens (tertiary/aromatic N) is 2. The van der Waals surface area contributed by atoms with Crippen LogP contribution in [0.4, 0.5) is 0 Å². The summed E-state index contributed by atoms with van der Waals surface area (Å²) in [7, 11) is 0. The number of aliphatic hydroxyl groups is 1. The third-order valence-corrected chi connectivity index (χ3v) is 1.83. The van der Waals surface area contributed by atoms with Gasteiger partial charge in [0.25, 0.3) is 0 Å². The van der Waals surface area contributed by atoms with Gasteiger partial charge in [-0.2, -0.15) is 5.10 Å². The lowest BCUT2D eigenvalue weighted by molar-refractivity contribution is 0.269. The number of aliphatic hydroxyl groups excluding tert-OH is 1. The molecule has 3 nitrogen and oxygen atoms in total. The first-order valence-corrected chi connectivity index (χ1v) is 4.24. The molecule has 0 aliphatic heterocycles. The Bertz CT molecular complexity index is 312. The normalized spacial score (nSPS) is 11.7. The summed E-state index contributed by atoms with van der Waals surface area (Å²) in [6.45, 7) is 6.31. The van der Waals surface area contributed by atoms with Gasteiger partial charge < -0.3 is 5.11 Å². The number of allylic oxidation sites excluding steroid dienone is 3. The molecule has 0 spiro atoms. The standard InChI is InChI=1S/C10H14N2O/c1-3-9(4-2)10-7-11-12(8-10)5-6-13/h3-4,7-8,13H,1,5-6H2,2H3. The number of aromatic nitrogens is 2. The van der Waals surface area contributed by atoms with E-state index < -0.39 is 0 Å². The maximum Gasteiger partial charge on any atom is 0.0641 e. The van der Waals surface area contributed by atoms with Crippen molar-refractivity contribution in [2.45, 2.75) is 13.5 Å². The fourth-order valence-electron chi connectivity index (χ4n) is 1.14. The van der Waals surface area contributed by atoms with Gasteiger partial charge in [0.2, 0.25) is 0 Å². The molecule has 1 aromatic rings. The minimum atomic E-state index is 0.111. The van der Waals surface area contributed by atoms with Crippen molar-refractivity contribution in [3.05, 3.63) is 36.7 Å². The molecule has 1 N–H and O–H groups in total. The van der Waals surface area contributed by atoms with E-state index in [0.29, 0.717) is 6.54 Å². The van der Waals surface area contributed by atoms with E-state index in [1.807, 2.05) is 19.2 Å². The van der Waals surface area contributed by atoms with Crippen molar-refractivity contribution in [3.8, 4) is 0 Å². The van der Waals surface area contributed by atoms with Gasteiger partial charge in [0.15, 0.2) is 0 Å². The van der Waals surface area contributed by atoms with Crippen molar-refractivity contribution in [2.75, 3.05) is 6.61 Å². The van der Waals surface area contributed by atoms with Gasteiger partial charge in [-0.15, -0.1) is 0 Å². The largest absolute Gasteiger partial charge is 0.394 e. The molecule has 0 aromatic carbocycles. The van der Waals surface area contributed by atoms with E-state index in [2.05, 4.69) is 11.7 Å². The molecule has 0 saturated heterocycles. The molecule has 1 heterocycles. The predicted molar refractivity (Wildman–Crippen MR) is 53.2 cm³/mol. The summed E-state index contributed by atoms with van der Waals surface area (Å²) in [5.41, 5.74) is 2.09. The van der Waals surface area contributed by atoms with Crippen molar-refractivity contribution in [2.24, 2.45) is 0 Å². The second-order valence-corrected chi connectivity index (χ2v) is 2.66. The summed E-state index contributed by atoms with van der Waals surface area (Å²) in [5.74, 6) is 0. The van der Waals surface area contributed by atoms with E-state index in [1.54, 1.807) is 17.0 Å². The number of hydrogen-bond acceptors (Lipinski definition) is 2. The molecule has 70 valence electrons. The Labute approximate surface area is 78.0 Å². The zero-order valence-electron chi connectivity index (χ0n) is 7.77. The van der Waals surface area contributed by atoms with Crippen LogP contribution in [0.25, 0.3) is 5.57 Å². The quantitative estimate of drug-likeness (QED) is 0.709. The van der Waals surface area contributed by atoms with Crippen LogP contribution in [0.5, 0.6) is 0 Å². The molecule has 1 rings (SSSR count). The monoisotopic (exact) mass is 178 g/mol. The Balaban J connectivity index is 2.84. The summed E-state index contributed by atoms with van der Waals surface area (Å²) in [4.78, 5) is 0. The Morgan fingerprint density at radius 3 is 3.08 bits per heavy atom. The third kappa shape index (κ3) is 2.29. The summed E-state index contributed by atoms with van der Waals surface area (Å²) in [5, 5.41) is 12.8. The van der Waals surface area contributed by atoms with Gasteiger partial charge in [0, 0.05) is 11.8 Å². The van der Waals surface area contributed by atoms with Crippen LogP contribution in [-0.4, -0.2) is 21.5 Å². The average molecular weight is 178 g/mol. The molecule has 0 amide bonds. The van der Waals surface area contributed by atoms with Crippen LogP contribution in [-0.2, 0) is 6.54 Å². The molecule has 1 aromatic heterocycles. The minimum absolute atomic E-state index is 0.111. The van der Waals surface area contributed by atoms with E-state index in [1.165, 1.54) is 0 Å². The first-order chi connectivity index (χ1) is 6.31. The zero-order chi connectivity index (χ0) is 9.68. The molecule has 0 bridgehead atoms. The zero-order valence-corrected chi connectivity index (χ0v) is 7.77. The molecule has 0 unspecified atom stereocenters. The van der Waals surface area contributed by atoms with E-state index >= 15 is 0 Å². The highest BCUT2D eigenvalue weighted by atomic mass is 16.3. The van der Waals surface area contributed by atoms with E-state index in [-0.39, 0.29) is 6.61 Å². The summed E-state index contributed by atoms with van der Waals surface area (Å²) in [6.07, 6.45) is 7.44. The van der Waals surface area contributed by atoms with Crippen LogP contribution in [0.2, 0.25) is 0 Å². The van der Waals surface area contributed by atoms with Crippen molar-refractivity contribution in [1.29, 1.82) is 0 Å². The Hall–Kier alpha value is -1.35. The highest BCUT2D eigenvalue weighted by Gasteiger charge is 1.99. The van der Waals surface area contributed by atoms with Crippen LogP contribution in [0.15, 0.2) is 31.1 Å². The molecule has 3 heteroatoms. The van der Waals surface area contributed by atoms with Gasteiger partial charge >= 0.3 is 0 Å². The Morgan fingerprint density at radius 2 is 2.54 bits per heavy atom. The summed E-state index contributed by atoms with van der Waals surface area (Å²) >= 11 is 0. The third-order valence-electron chi connectivity index (χ3n) is 1.83.